The lowest BCUT2D eigenvalue weighted by Gasteiger charge is -2.41. The van der Waals surface area contributed by atoms with Gasteiger partial charge in [0.1, 0.15) is 0 Å². The van der Waals surface area contributed by atoms with E-state index in [2.05, 4.69) is 49.3 Å². The second-order valence-corrected chi connectivity index (χ2v) is 4.56. The van der Waals surface area contributed by atoms with Crippen LogP contribution in [0.4, 0.5) is 0 Å². The molecule has 0 aromatic rings. The Labute approximate surface area is 89.0 Å². The number of halogens is 2. The first kappa shape index (κ1) is 9.43. The van der Waals surface area contributed by atoms with Crippen molar-refractivity contribution in [3.05, 3.63) is 0 Å². The zero-order valence-electron chi connectivity index (χ0n) is 5.61. The number of nitrogens with one attached hydrogen (secondary N) is 1. The molecule has 1 fully saturated rings. The van der Waals surface area contributed by atoms with E-state index < -0.39 is 0 Å². The first-order chi connectivity index (χ1) is 4.68. The van der Waals surface area contributed by atoms with Crippen LogP contribution in [0.5, 0.6) is 0 Å². The maximum atomic E-state index is 5.54. The normalized spacial score (nSPS) is 22.8. The Morgan fingerprint density at radius 1 is 1.60 bits per heavy atom. The lowest BCUT2D eigenvalue weighted by molar-refractivity contribution is 0.200. The first-order valence-electron chi connectivity index (χ1n) is 3.24. The Morgan fingerprint density at radius 2 is 2.20 bits per heavy atom. The smallest absolute Gasteiger partial charge is 0.0424 e. The molecule has 0 amide bonds. The maximum absolute atomic E-state index is 5.54. The molecule has 1 rings (SSSR count). The van der Waals surface area contributed by atoms with E-state index in [9.17, 15) is 0 Å². The second-order valence-electron chi connectivity index (χ2n) is 2.79. The Balaban J connectivity index is 2.33. The molecule has 0 saturated heterocycles. The molecule has 10 heavy (non-hydrogen) atoms. The number of nitrogens with zero attached hydrogens (tertiary/aromatic N) is 1. The highest BCUT2D eigenvalue weighted by molar-refractivity contribution is 14.1. The van der Waals surface area contributed by atoms with E-state index in [1.54, 1.807) is 3.22 Å². The molecule has 1 aliphatic carbocycles. The standard InChI is InChI=1S/C5H11I2N3/c6-9-5(2-1-3-5)4-10(7)8/h9H,1-4,8H2. The van der Waals surface area contributed by atoms with Crippen LogP contribution in [-0.2, 0) is 0 Å². The van der Waals surface area contributed by atoms with Crippen molar-refractivity contribution in [1.82, 2.24) is 6.75 Å². The average Bonchev–Trinajstić information content (AvgIpc) is 1.78. The van der Waals surface area contributed by atoms with E-state index in [4.69, 9.17) is 5.84 Å². The Kier molecular flexibility index (Phi) is 3.61. The van der Waals surface area contributed by atoms with Gasteiger partial charge >= 0.3 is 0 Å². The van der Waals surface area contributed by atoms with E-state index in [0.29, 0.717) is 5.54 Å². The number of hydrogen-bond acceptors (Lipinski definition) is 3. The van der Waals surface area contributed by atoms with Gasteiger partial charge in [-0.3, -0.25) is 9.37 Å². The summed E-state index contributed by atoms with van der Waals surface area (Å²) in [4.78, 5) is 0. The highest BCUT2D eigenvalue weighted by atomic mass is 127. The van der Waals surface area contributed by atoms with Crippen LogP contribution in [0.25, 0.3) is 0 Å². The molecule has 0 aromatic carbocycles. The Morgan fingerprint density at radius 3 is 2.30 bits per heavy atom. The van der Waals surface area contributed by atoms with Gasteiger partial charge in [0.2, 0.25) is 0 Å². The van der Waals surface area contributed by atoms with Gasteiger partial charge in [-0.05, 0) is 19.3 Å². The monoisotopic (exact) mass is 367 g/mol. The van der Waals surface area contributed by atoms with Crippen molar-refractivity contribution in [2.75, 3.05) is 6.54 Å². The van der Waals surface area contributed by atoms with Crippen molar-refractivity contribution < 1.29 is 0 Å². The predicted octanol–water partition coefficient (Wildman–Crippen LogP) is 1.37. The van der Waals surface area contributed by atoms with Crippen molar-refractivity contribution in [3.8, 4) is 0 Å². The van der Waals surface area contributed by atoms with Crippen molar-refractivity contribution in [3.63, 3.8) is 0 Å². The fraction of sp³-hybridized carbons (Fsp3) is 1.00. The minimum absolute atomic E-state index is 0.316. The highest BCUT2D eigenvalue weighted by Gasteiger charge is 2.36. The number of nitrogens with two attached hydrogens (primary N) is 1. The predicted molar refractivity (Wildman–Crippen MR) is 58.7 cm³/mol. The molecule has 0 bridgehead atoms. The van der Waals surface area contributed by atoms with Gasteiger partial charge in [-0.1, -0.05) is 0 Å². The van der Waals surface area contributed by atoms with Crippen molar-refractivity contribution >= 4 is 45.7 Å². The molecule has 0 radical (unpaired) electrons. The summed E-state index contributed by atoms with van der Waals surface area (Å²) in [5.74, 6) is 5.54. The molecule has 0 heterocycles. The summed E-state index contributed by atoms with van der Waals surface area (Å²) in [6, 6.07) is 0. The van der Waals surface area contributed by atoms with Crippen LogP contribution in [0.15, 0.2) is 0 Å². The van der Waals surface area contributed by atoms with E-state index >= 15 is 0 Å². The molecular formula is C5H11I2N3. The van der Waals surface area contributed by atoms with E-state index in [1.807, 2.05) is 0 Å². The van der Waals surface area contributed by atoms with Gasteiger partial charge in [-0.15, -0.1) is 0 Å². The zero-order valence-corrected chi connectivity index (χ0v) is 9.92. The third-order valence-electron chi connectivity index (χ3n) is 1.96. The van der Waals surface area contributed by atoms with Crippen LogP contribution in [0.1, 0.15) is 19.3 Å². The molecule has 0 atom stereocenters. The summed E-state index contributed by atoms with van der Waals surface area (Å²) < 4.78 is 5.01. The third kappa shape index (κ3) is 2.16. The highest BCUT2D eigenvalue weighted by Crippen LogP contribution is 2.33. The zero-order chi connectivity index (χ0) is 7.61. The van der Waals surface area contributed by atoms with Crippen LogP contribution >= 0.6 is 45.7 Å². The van der Waals surface area contributed by atoms with E-state index in [1.165, 1.54) is 19.3 Å². The third-order valence-corrected chi connectivity index (χ3v) is 3.45. The van der Waals surface area contributed by atoms with Gasteiger partial charge in [-0.25, -0.2) is 0 Å². The molecule has 5 heteroatoms. The topological polar surface area (TPSA) is 41.3 Å². The van der Waals surface area contributed by atoms with Crippen molar-refractivity contribution in [2.24, 2.45) is 5.84 Å². The van der Waals surface area contributed by atoms with Gasteiger partial charge in [0, 0.05) is 57.8 Å². The lowest BCUT2D eigenvalue weighted by Crippen LogP contribution is -2.54. The van der Waals surface area contributed by atoms with Gasteiger partial charge in [-0.2, -0.15) is 3.22 Å². The lowest BCUT2D eigenvalue weighted by atomic mass is 9.78. The number of hydrogen-bond donors (Lipinski definition) is 2. The molecule has 0 aromatic heterocycles. The fourth-order valence-electron chi connectivity index (χ4n) is 1.18. The summed E-state index contributed by atoms with van der Waals surface area (Å²) in [5, 5.41) is 0. The molecule has 0 aliphatic heterocycles. The van der Waals surface area contributed by atoms with Gasteiger partial charge < -0.3 is 0 Å². The van der Waals surface area contributed by atoms with Crippen LogP contribution in [0.3, 0.4) is 0 Å². The summed E-state index contributed by atoms with van der Waals surface area (Å²) >= 11 is 4.33. The van der Waals surface area contributed by atoms with Gasteiger partial charge in [0.15, 0.2) is 0 Å². The summed E-state index contributed by atoms with van der Waals surface area (Å²) in [6.45, 7) is 0.941. The van der Waals surface area contributed by atoms with Crippen LogP contribution in [-0.4, -0.2) is 15.3 Å². The summed E-state index contributed by atoms with van der Waals surface area (Å²) in [7, 11) is 0. The van der Waals surface area contributed by atoms with Crippen LogP contribution < -0.4 is 9.37 Å². The molecule has 1 aliphatic rings. The minimum Gasteiger partial charge on any atom is -0.260 e. The summed E-state index contributed by atoms with van der Waals surface area (Å²) in [6.07, 6.45) is 3.85. The second kappa shape index (κ2) is 3.83. The maximum Gasteiger partial charge on any atom is 0.0424 e. The minimum atomic E-state index is 0.316. The summed E-state index contributed by atoms with van der Waals surface area (Å²) in [5.41, 5.74) is 0.316. The van der Waals surface area contributed by atoms with E-state index in [0.717, 1.165) is 6.54 Å². The molecule has 0 spiro atoms. The first-order valence-corrected chi connectivity index (χ1v) is 5.29. The Bertz CT molecular complexity index is 108. The van der Waals surface area contributed by atoms with Crippen molar-refractivity contribution in [2.45, 2.75) is 24.8 Å². The fourth-order valence-corrected chi connectivity index (χ4v) is 2.54. The molecule has 3 N–H and O–H groups in total. The van der Waals surface area contributed by atoms with E-state index in [-0.39, 0.29) is 0 Å². The van der Waals surface area contributed by atoms with Gasteiger partial charge in [0.25, 0.3) is 0 Å². The van der Waals surface area contributed by atoms with Crippen LogP contribution in [0, 0.1) is 0 Å². The SMILES string of the molecule is NN(I)CC1(NI)CCC1. The van der Waals surface area contributed by atoms with Crippen molar-refractivity contribution in [1.29, 1.82) is 0 Å². The molecular weight excluding hydrogens is 356 g/mol. The molecule has 0 unspecified atom stereocenters. The van der Waals surface area contributed by atoms with Gasteiger partial charge in [0.05, 0.1) is 0 Å². The molecule has 1 saturated carbocycles. The molecule has 60 valence electrons. The van der Waals surface area contributed by atoms with Crippen LogP contribution in [0.2, 0.25) is 0 Å². The number of rotatable bonds is 3. The number of hydrazine groups is 1. The largest absolute Gasteiger partial charge is 0.260 e. The molecule has 3 nitrogen and oxygen atoms in total. The average molecular weight is 367 g/mol. The Hall–Kier alpha value is 1.34. The quantitative estimate of drug-likeness (QED) is 0.343.